The number of rotatable bonds is 5. The number of nitrogens with one attached hydrogen (secondary N) is 1. The highest BCUT2D eigenvalue weighted by Crippen LogP contribution is 2.44. The fourth-order valence-electron chi connectivity index (χ4n) is 3.71. The monoisotopic (exact) mass is 437 g/mol. The minimum atomic E-state index is -0.448. The Morgan fingerprint density at radius 2 is 1.61 bits per heavy atom. The van der Waals surface area contributed by atoms with Crippen molar-refractivity contribution >= 4 is 22.0 Å². The number of carbonyl (C=O) groups excluding carboxylic acids is 1. The Balaban J connectivity index is 1.36. The molecule has 0 unspecified atom stereocenters. The summed E-state index contributed by atoms with van der Waals surface area (Å²) in [6, 6.07) is 22.0. The second-order valence-electron chi connectivity index (χ2n) is 6.75. The van der Waals surface area contributed by atoms with Crippen LogP contribution in [0.5, 0.6) is 5.75 Å². The first kappa shape index (κ1) is 18.6. The number of benzene rings is 3. The van der Waals surface area contributed by atoms with Gasteiger partial charge in [-0.2, -0.15) is 0 Å². The molecule has 4 rings (SSSR count). The molecule has 0 aromatic heterocycles. The topological polar surface area (TPSA) is 58.6 Å². The van der Waals surface area contributed by atoms with E-state index in [0.717, 1.165) is 5.56 Å². The standard InChI is InChI=1S/C23H20BrNO3/c24-21-11-5-6-15(22(21)26)12-13-25-23(27)28-14-20-18-9-3-1-7-16(18)17-8-2-4-10-19(17)20/h1-11,20,26H,12-14H2,(H,25,27). The van der Waals surface area contributed by atoms with Crippen LogP contribution in [0.1, 0.15) is 22.6 Å². The lowest BCUT2D eigenvalue weighted by atomic mass is 9.98. The first-order valence-electron chi connectivity index (χ1n) is 9.20. The number of alkyl carbamates (subject to hydrolysis) is 1. The fourth-order valence-corrected chi connectivity index (χ4v) is 4.12. The molecular formula is C23H20BrNO3. The van der Waals surface area contributed by atoms with Crippen LogP contribution in [-0.2, 0) is 11.2 Å². The molecule has 4 nitrogen and oxygen atoms in total. The Bertz CT molecular complexity index is 973. The highest BCUT2D eigenvalue weighted by Gasteiger charge is 2.28. The number of aromatic hydroxyl groups is 1. The van der Waals surface area contributed by atoms with Gasteiger partial charge in [0, 0.05) is 12.5 Å². The quantitative estimate of drug-likeness (QED) is 0.573. The summed E-state index contributed by atoms with van der Waals surface area (Å²) in [6.07, 6.45) is 0.0755. The maximum Gasteiger partial charge on any atom is 0.407 e. The van der Waals surface area contributed by atoms with Crippen molar-refractivity contribution in [1.82, 2.24) is 5.32 Å². The van der Waals surface area contributed by atoms with E-state index in [-0.39, 0.29) is 11.7 Å². The Morgan fingerprint density at radius 3 is 2.29 bits per heavy atom. The zero-order valence-electron chi connectivity index (χ0n) is 15.2. The minimum absolute atomic E-state index is 0.0484. The second-order valence-corrected chi connectivity index (χ2v) is 7.60. The predicted molar refractivity (Wildman–Crippen MR) is 113 cm³/mol. The van der Waals surface area contributed by atoms with Crippen molar-refractivity contribution < 1.29 is 14.6 Å². The van der Waals surface area contributed by atoms with Gasteiger partial charge in [0.15, 0.2) is 0 Å². The van der Waals surface area contributed by atoms with Gasteiger partial charge < -0.3 is 15.2 Å². The minimum Gasteiger partial charge on any atom is -0.506 e. The summed E-state index contributed by atoms with van der Waals surface area (Å²) in [4.78, 5) is 12.2. The van der Waals surface area contributed by atoms with Crippen LogP contribution >= 0.6 is 15.9 Å². The maximum atomic E-state index is 12.2. The van der Waals surface area contributed by atoms with E-state index < -0.39 is 6.09 Å². The number of hydrogen-bond acceptors (Lipinski definition) is 3. The molecule has 0 atom stereocenters. The summed E-state index contributed by atoms with van der Waals surface area (Å²) in [5.74, 6) is 0.254. The number of amides is 1. The van der Waals surface area contributed by atoms with Crippen LogP contribution in [0.4, 0.5) is 4.79 Å². The molecule has 0 bridgehead atoms. The highest BCUT2D eigenvalue weighted by molar-refractivity contribution is 9.10. The van der Waals surface area contributed by atoms with Crippen LogP contribution in [0.25, 0.3) is 11.1 Å². The summed E-state index contributed by atoms with van der Waals surface area (Å²) in [5, 5.41) is 12.8. The zero-order chi connectivity index (χ0) is 19.5. The average molecular weight is 438 g/mol. The molecule has 5 heteroatoms. The van der Waals surface area contributed by atoms with E-state index in [1.54, 1.807) is 6.07 Å². The molecule has 28 heavy (non-hydrogen) atoms. The number of para-hydroxylation sites is 1. The Morgan fingerprint density at radius 1 is 0.964 bits per heavy atom. The van der Waals surface area contributed by atoms with E-state index in [9.17, 15) is 9.90 Å². The summed E-state index contributed by atoms with van der Waals surface area (Å²) >= 11 is 3.29. The number of hydrogen-bond donors (Lipinski definition) is 2. The molecule has 3 aromatic rings. The van der Waals surface area contributed by atoms with Gasteiger partial charge >= 0.3 is 6.09 Å². The van der Waals surface area contributed by atoms with Gasteiger partial charge in [0.2, 0.25) is 0 Å². The Hall–Kier alpha value is -2.79. The van der Waals surface area contributed by atoms with Crippen molar-refractivity contribution in [2.24, 2.45) is 0 Å². The molecule has 0 aliphatic heterocycles. The molecule has 0 heterocycles. The number of ether oxygens (including phenoxy) is 1. The average Bonchev–Trinajstić information content (AvgIpc) is 3.03. The molecule has 0 fully saturated rings. The lowest BCUT2D eigenvalue weighted by Crippen LogP contribution is -2.28. The predicted octanol–water partition coefficient (Wildman–Crippen LogP) is 5.24. The van der Waals surface area contributed by atoms with Crippen LogP contribution < -0.4 is 5.32 Å². The van der Waals surface area contributed by atoms with E-state index in [0.29, 0.717) is 24.0 Å². The number of phenolic OH excluding ortho intramolecular Hbond substituents is 1. The number of halogens is 1. The fraction of sp³-hybridized carbons (Fsp3) is 0.174. The van der Waals surface area contributed by atoms with E-state index in [2.05, 4.69) is 45.5 Å². The zero-order valence-corrected chi connectivity index (χ0v) is 16.8. The van der Waals surface area contributed by atoms with Gasteiger partial charge in [-0.1, -0.05) is 60.7 Å². The number of carbonyl (C=O) groups is 1. The van der Waals surface area contributed by atoms with Gasteiger partial charge in [0.1, 0.15) is 12.4 Å². The highest BCUT2D eigenvalue weighted by atomic mass is 79.9. The van der Waals surface area contributed by atoms with Gasteiger partial charge in [-0.25, -0.2) is 4.79 Å². The molecule has 1 amide bonds. The summed E-state index contributed by atoms with van der Waals surface area (Å²) in [5.41, 5.74) is 5.56. The third kappa shape index (κ3) is 3.62. The van der Waals surface area contributed by atoms with Gasteiger partial charge in [-0.15, -0.1) is 0 Å². The van der Waals surface area contributed by atoms with Crippen molar-refractivity contribution in [1.29, 1.82) is 0 Å². The van der Waals surface area contributed by atoms with Crippen LogP contribution in [-0.4, -0.2) is 24.4 Å². The SMILES string of the molecule is O=C(NCCc1cccc(Br)c1O)OCC1c2ccccc2-c2ccccc21. The summed E-state index contributed by atoms with van der Waals surface area (Å²) in [6.45, 7) is 0.683. The molecule has 1 aliphatic carbocycles. The molecule has 142 valence electrons. The van der Waals surface area contributed by atoms with E-state index in [1.807, 2.05) is 36.4 Å². The molecule has 0 saturated carbocycles. The molecule has 0 radical (unpaired) electrons. The van der Waals surface area contributed by atoms with Crippen LogP contribution in [0.3, 0.4) is 0 Å². The summed E-state index contributed by atoms with van der Waals surface area (Å²) < 4.78 is 6.15. The largest absolute Gasteiger partial charge is 0.506 e. The van der Waals surface area contributed by atoms with Gasteiger partial charge in [0.05, 0.1) is 4.47 Å². The molecular weight excluding hydrogens is 418 g/mol. The van der Waals surface area contributed by atoms with Crippen molar-refractivity contribution in [3.8, 4) is 16.9 Å². The smallest absolute Gasteiger partial charge is 0.407 e. The van der Waals surface area contributed by atoms with Gasteiger partial charge in [-0.05, 0) is 56.2 Å². The molecule has 1 aliphatic rings. The Kier molecular flexibility index (Phi) is 5.35. The van der Waals surface area contributed by atoms with Gasteiger partial charge in [0.25, 0.3) is 0 Å². The third-order valence-electron chi connectivity index (χ3n) is 5.08. The summed E-state index contributed by atoms with van der Waals surface area (Å²) in [7, 11) is 0. The normalized spacial score (nSPS) is 12.3. The molecule has 3 aromatic carbocycles. The van der Waals surface area contributed by atoms with Crippen molar-refractivity contribution in [2.75, 3.05) is 13.2 Å². The Labute approximate surface area is 172 Å². The first-order valence-corrected chi connectivity index (χ1v) is 9.99. The second kappa shape index (κ2) is 8.07. The maximum absolute atomic E-state index is 12.2. The van der Waals surface area contributed by atoms with Crippen LogP contribution in [0, 0.1) is 0 Å². The van der Waals surface area contributed by atoms with E-state index >= 15 is 0 Å². The van der Waals surface area contributed by atoms with Crippen LogP contribution in [0.2, 0.25) is 0 Å². The molecule has 0 spiro atoms. The van der Waals surface area contributed by atoms with Crippen molar-refractivity contribution in [3.05, 3.63) is 87.9 Å². The lowest BCUT2D eigenvalue weighted by molar-refractivity contribution is 0.143. The lowest BCUT2D eigenvalue weighted by Gasteiger charge is -2.14. The van der Waals surface area contributed by atoms with E-state index in [1.165, 1.54) is 22.3 Å². The van der Waals surface area contributed by atoms with Crippen LogP contribution in [0.15, 0.2) is 71.2 Å². The molecule has 0 saturated heterocycles. The number of phenols is 1. The third-order valence-corrected chi connectivity index (χ3v) is 5.72. The van der Waals surface area contributed by atoms with E-state index in [4.69, 9.17) is 4.74 Å². The van der Waals surface area contributed by atoms with Crippen molar-refractivity contribution in [2.45, 2.75) is 12.3 Å². The number of fused-ring (bicyclic) bond motifs is 3. The molecule has 2 N–H and O–H groups in total. The van der Waals surface area contributed by atoms with Gasteiger partial charge in [-0.3, -0.25) is 0 Å². The van der Waals surface area contributed by atoms with Crippen molar-refractivity contribution in [3.63, 3.8) is 0 Å². The first-order chi connectivity index (χ1) is 13.6.